The Kier molecular flexibility index (Phi) is 4.46. The summed E-state index contributed by atoms with van der Waals surface area (Å²) < 4.78 is 0. The lowest BCUT2D eigenvalue weighted by Gasteiger charge is -2.61. The van der Waals surface area contributed by atoms with E-state index in [-0.39, 0.29) is 11.5 Å². The maximum Gasteiger partial charge on any atom is 0.0596 e. The average molecular weight is 361 g/mol. The number of aliphatic hydroxyl groups is 1. The highest BCUT2D eigenvalue weighted by molar-refractivity contribution is 5.10. The number of piperazine rings is 1. The molecule has 0 aromatic rings. The quantitative estimate of drug-likeness (QED) is 0.749. The molecule has 5 rings (SSSR count). The highest BCUT2D eigenvalue weighted by Crippen LogP contribution is 2.66. The molecular weight excluding hydrogens is 320 g/mol. The first-order valence-electron chi connectivity index (χ1n) is 11.7. The molecule has 0 aromatic carbocycles. The summed E-state index contributed by atoms with van der Waals surface area (Å²) in [4.78, 5) is 2.81. The van der Waals surface area contributed by atoms with E-state index in [1.807, 2.05) is 0 Å². The Labute approximate surface area is 160 Å². The molecule has 148 valence electrons. The molecule has 0 radical (unpaired) electrons. The van der Waals surface area contributed by atoms with Crippen LogP contribution in [0.25, 0.3) is 0 Å². The summed E-state index contributed by atoms with van der Waals surface area (Å²) in [6.07, 6.45) is 12.3. The Bertz CT molecular complexity index is 532. The molecule has 0 aromatic heterocycles. The molecule has 1 heterocycles. The van der Waals surface area contributed by atoms with E-state index in [0.29, 0.717) is 5.41 Å². The van der Waals surface area contributed by atoms with Gasteiger partial charge in [-0.25, -0.2) is 0 Å². The SMILES string of the molecule is CC12CCC3C(CCC4CCC(N5CCNCC5)CC43C)C1CCC2O. The van der Waals surface area contributed by atoms with Crippen molar-refractivity contribution in [2.24, 2.45) is 34.5 Å². The molecule has 0 bridgehead atoms. The predicted octanol–water partition coefficient (Wildman–Crippen LogP) is 3.66. The minimum absolute atomic E-state index is 0.0288. The normalized spacial score (nSPS) is 55.0. The molecule has 1 aliphatic heterocycles. The first kappa shape index (κ1) is 17.9. The fourth-order valence-corrected chi connectivity index (χ4v) is 8.66. The first-order chi connectivity index (χ1) is 12.5. The lowest BCUT2D eigenvalue weighted by Crippen LogP contribution is -2.58. The number of hydrogen-bond donors (Lipinski definition) is 2. The van der Waals surface area contributed by atoms with Crippen molar-refractivity contribution < 1.29 is 5.11 Å². The lowest BCUT2D eigenvalue weighted by molar-refractivity contribution is -0.132. The van der Waals surface area contributed by atoms with Crippen LogP contribution in [0.3, 0.4) is 0 Å². The summed E-state index contributed by atoms with van der Waals surface area (Å²) >= 11 is 0. The van der Waals surface area contributed by atoms with Gasteiger partial charge in [0.05, 0.1) is 6.10 Å². The van der Waals surface area contributed by atoms with Gasteiger partial charge < -0.3 is 10.4 Å². The van der Waals surface area contributed by atoms with E-state index in [9.17, 15) is 5.11 Å². The monoisotopic (exact) mass is 360 g/mol. The van der Waals surface area contributed by atoms with Gasteiger partial charge in [-0.1, -0.05) is 13.8 Å². The molecule has 0 spiro atoms. The van der Waals surface area contributed by atoms with Crippen molar-refractivity contribution in [2.45, 2.75) is 83.8 Å². The lowest BCUT2D eigenvalue weighted by atomic mass is 9.45. The van der Waals surface area contributed by atoms with Crippen molar-refractivity contribution in [3.8, 4) is 0 Å². The van der Waals surface area contributed by atoms with Crippen LogP contribution >= 0.6 is 0 Å². The molecule has 5 fully saturated rings. The Morgan fingerprint density at radius 1 is 0.846 bits per heavy atom. The van der Waals surface area contributed by atoms with Gasteiger partial charge in [0.15, 0.2) is 0 Å². The van der Waals surface area contributed by atoms with Gasteiger partial charge in [0.2, 0.25) is 0 Å². The second kappa shape index (κ2) is 6.46. The Balaban J connectivity index is 1.38. The number of fused-ring (bicyclic) bond motifs is 5. The minimum Gasteiger partial charge on any atom is -0.393 e. The van der Waals surface area contributed by atoms with E-state index in [1.54, 1.807) is 0 Å². The number of hydrogen-bond acceptors (Lipinski definition) is 3. The second-order valence-corrected chi connectivity index (χ2v) is 11.0. The summed E-state index contributed by atoms with van der Waals surface area (Å²) in [5.41, 5.74) is 0.794. The fraction of sp³-hybridized carbons (Fsp3) is 1.00. The highest BCUT2D eigenvalue weighted by Gasteiger charge is 2.60. The van der Waals surface area contributed by atoms with Crippen molar-refractivity contribution in [3.05, 3.63) is 0 Å². The summed E-state index contributed by atoms with van der Waals surface area (Å²) in [6, 6.07) is 0.833. The van der Waals surface area contributed by atoms with Gasteiger partial charge in [-0.2, -0.15) is 0 Å². The van der Waals surface area contributed by atoms with Crippen LogP contribution in [0.4, 0.5) is 0 Å². The second-order valence-electron chi connectivity index (χ2n) is 11.0. The van der Waals surface area contributed by atoms with Gasteiger partial charge in [-0.15, -0.1) is 0 Å². The summed E-state index contributed by atoms with van der Waals surface area (Å²) in [6.45, 7) is 9.99. The van der Waals surface area contributed by atoms with Crippen molar-refractivity contribution >= 4 is 0 Å². The number of aliphatic hydroxyl groups excluding tert-OH is 1. The fourth-order valence-electron chi connectivity index (χ4n) is 8.66. The van der Waals surface area contributed by atoms with Crippen molar-refractivity contribution in [1.82, 2.24) is 10.2 Å². The molecule has 4 aliphatic carbocycles. The van der Waals surface area contributed by atoms with Crippen LogP contribution in [-0.4, -0.2) is 48.3 Å². The van der Waals surface area contributed by atoms with E-state index >= 15 is 0 Å². The standard InChI is InChI=1S/C23H40N2O/c1-22-10-9-20-18(19(22)7-8-21(22)26)6-4-16-3-5-17(15-23(16,20)2)25-13-11-24-12-14-25/h16-21,24,26H,3-15H2,1-2H3. The van der Waals surface area contributed by atoms with Crippen molar-refractivity contribution in [1.29, 1.82) is 0 Å². The van der Waals surface area contributed by atoms with E-state index in [0.717, 1.165) is 36.1 Å². The molecule has 1 saturated heterocycles. The van der Waals surface area contributed by atoms with Crippen LogP contribution in [0.1, 0.15) is 71.6 Å². The Morgan fingerprint density at radius 2 is 1.58 bits per heavy atom. The van der Waals surface area contributed by atoms with E-state index in [4.69, 9.17) is 0 Å². The van der Waals surface area contributed by atoms with Crippen LogP contribution < -0.4 is 5.32 Å². The van der Waals surface area contributed by atoms with Gasteiger partial charge in [-0.05, 0) is 92.3 Å². The highest BCUT2D eigenvalue weighted by atomic mass is 16.3. The van der Waals surface area contributed by atoms with Gasteiger partial charge in [0.1, 0.15) is 0 Å². The zero-order valence-electron chi connectivity index (χ0n) is 17.1. The predicted molar refractivity (Wildman–Crippen MR) is 106 cm³/mol. The summed E-state index contributed by atoms with van der Waals surface area (Å²) in [5.74, 6) is 3.59. The molecule has 8 unspecified atom stereocenters. The van der Waals surface area contributed by atoms with Crippen LogP contribution in [0.5, 0.6) is 0 Å². The molecule has 26 heavy (non-hydrogen) atoms. The molecule has 3 heteroatoms. The zero-order chi connectivity index (χ0) is 17.9. The van der Waals surface area contributed by atoms with Crippen molar-refractivity contribution in [2.75, 3.05) is 26.2 Å². The molecule has 5 aliphatic rings. The topological polar surface area (TPSA) is 35.5 Å². The molecule has 4 saturated carbocycles. The number of nitrogens with zero attached hydrogens (tertiary/aromatic N) is 1. The van der Waals surface area contributed by atoms with Gasteiger partial charge in [0, 0.05) is 32.2 Å². The van der Waals surface area contributed by atoms with Crippen LogP contribution in [0.2, 0.25) is 0 Å². The first-order valence-corrected chi connectivity index (χ1v) is 11.7. The van der Waals surface area contributed by atoms with Crippen LogP contribution in [0, 0.1) is 34.5 Å². The Morgan fingerprint density at radius 3 is 2.38 bits per heavy atom. The van der Waals surface area contributed by atoms with Crippen LogP contribution in [0.15, 0.2) is 0 Å². The van der Waals surface area contributed by atoms with E-state index < -0.39 is 0 Å². The number of rotatable bonds is 1. The minimum atomic E-state index is -0.0288. The number of nitrogens with one attached hydrogen (secondary N) is 1. The maximum atomic E-state index is 10.7. The Hall–Kier alpha value is -0.120. The smallest absolute Gasteiger partial charge is 0.0596 e. The molecule has 2 N–H and O–H groups in total. The van der Waals surface area contributed by atoms with Gasteiger partial charge in [0.25, 0.3) is 0 Å². The molecule has 3 nitrogen and oxygen atoms in total. The zero-order valence-corrected chi connectivity index (χ0v) is 17.1. The van der Waals surface area contributed by atoms with E-state index in [1.165, 1.54) is 77.5 Å². The third-order valence-corrected chi connectivity index (χ3v) is 10.2. The largest absolute Gasteiger partial charge is 0.393 e. The molecule has 0 amide bonds. The summed E-state index contributed by atoms with van der Waals surface area (Å²) in [5, 5.41) is 14.2. The average Bonchev–Trinajstić information content (AvgIpc) is 2.96. The third-order valence-electron chi connectivity index (χ3n) is 10.2. The van der Waals surface area contributed by atoms with Crippen molar-refractivity contribution in [3.63, 3.8) is 0 Å². The molecule has 8 atom stereocenters. The molecular formula is C23H40N2O. The maximum absolute atomic E-state index is 10.7. The van der Waals surface area contributed by atoms with E-state index in [2.05, 4.69) is 24.1 Å². The van der Waals surface area contributed by atoms with Gasteiger partial charge in [-0.3, -0.25) is 4.90 Å². The van der Waals surface area contributed by atoms with Gasteiger partial charge >= 0.3 is 0 Å². The third kappa shape index (κ3) is 2.56. The van der Waals surface area contributed by atoms with Crippen LogP contribution in [-0.2, 0) is 0 Å². The summed E-state index contributed by atoms with van der Waals surface area (Å²) in [7, 11) is 0.